The molecule has 220 valence electrons. The van der Waals surface area contributed by atoms with Crippen LogP contribution in [-0.2, 0) is 4.79 Å². The molecule has 0 bridgehead atoms. The summed E-state index contributed by atoms with van der Waals surface area (Å²) < 4.78 is 0. The first-order chi connectivity index (χ1) is 21.7. The van der Waals surface area contributed by atoms with E-state index in [0.717, 1.165) is 12.3 Å². The van der Waals surface area contributed by atoms with Crippen LogP contribution < -0.4 is 31.8 Å². The van der Waals surface area contributed by atoms with Crippen LogP contribution in [0.4, 0.5) is 0 Å². The van der Waals surface area contributed by atoms with E-state index in [1.54, 1.807) is 0 Å². The Kier molecular flexibility index (Phi) is 9.58. The van der Waals surface area contributed by atoms with Gasteiger partial charge in [-0.15, -0.1) is 0 Å². The fourth-order valence-electron chi connectivity index (χ4n) is 6.98. The number of hydrogen-bond donors (Lipinski definition) is 0. The topological polar surface area (TPSA) is 17.1 Å². The first-order valence-electron chi connectivity index (χ1n) is 15.6. The molecule has 0 unspecified atom stereocenters. The van der Waals surface area contributed by atoms with Gasteiger partial charge in [0.1, 0.15) is 0 Å². The van der Waals surface area contributed by atoms with Gasteiger partial charge < -0.3 is 0 Å². The maximum absolute atomic E-state index is 14.2. The van der Waals surface area contributed by atoms with E-state index in [0.29, 0.717) is 18.6 Å². The summed E-state index contributed by atoms with van der Waals surface area (Å²) in [5.74, 6) is 0.351. The molecule has 0 saturated heterocycles. The van der Waals surface area contributed by atoms with Gasteiger partial charge >= 0.3 is 264 Å². The van der Waals surface area contributed by atoms with Crippen molar-refractivity contribution in [1.29, 1.82) is 0 Å². The van der Waals surface area contributed by atoms with Crippen LogP contribution >= 0.6 is 14.5 Å². The molecule has 1 nitrogen and oxygen atoms in total. The molecular weight excluding hydrogens is 570 g/mol. The molecule has 0 saturated carbocycles. The van der Waals surface area contributed by atoms with Crippen molar-refractivity contribution in [2.24, 2.45) is 0 Å². The first-order valence-corrected chi connectivity index (χ1v) is 20.0. The summed E-state index contributed by atoms with van der Waals surface area (Å²) in [7, 11) is -4.93. The second-order valence-corrected chi connectivity index (χ2v) is 19.6. The summed E-state index contributed by atoms with van der Waals surface area (Å²) in [5, 5.41) is 8.12. The van der Waals surface area contributed by atoms with Crippen molar-refractivity contribution in [3.8, 4) is 0 Å². The van der Waals surface area contributed by atoms with Crippen LogP contribution in [0.3, 0.4) is 0 Å². The Balaban J connectivity index is 1.36. The summed E-state index contributed by atoms with van der Waals surface area (Å²) >= 11 is 0. The first kappa shape index (κ1) is 29.9. The number of benzene rings is 6. The van der Waals surface area contributed by atoms with E-state index >= 15 is 0 Å². The van der Waals surface area contributed by atoms with Crippen LogP contribution in [-0.4, -0.2) is 18.1 Å². The molecule has 44 heavy (non-hydrogen) atoms. The standard InChI is InChI=1S/C41H40OP2/c42-35(31-33-43(36-19-7-1-8-20-36,37-21-9-2-10-22-37)38-23-11-3-12-24-38)32-34-44(39-25-13-4-14-26-39,40-27-15-5-16-28-40)41-29-17-6-18-30-41/h1-30,43-44H,31-34H2. The zero-order chi connectivity index (χ0) is 30.1. The molecular formula is C41H40OP2. The van der Waals surface area contributed by atoms with Crippen molar-refractivity contribution in [2.75, 3.05) is 12.3 Å². The Labute approximate surface area is 263 Å². The molecule has 0 fully saturated rings. The molecule has 0 aromatic heterocycles. The van der Waals surface area contributed by atoms with Crippen molar-refractivity contribution < 1.29 is 4.79 Å². The van der Waals surface area contributed by atoms with E-state index in [1.807, 2.05) is 0 Å². The molecule has 6 aromatic rings. The summed E-state index contributed by atoms with van der Waals surface area (Å²) in [4.78, 5) is 14.2. The van der Waals surface area contributed by atoms with Gasteiger partial charge in [-0.05, 0) is 0 Å². The molecule has 0 aliphatic carbocycles. The summed E-state index contributed by atoms with van der Waals surface area (Å²) in [6.07, 6.45) is 2.82. The van der Waals surface area contributed by atoms with E-state index in [2.05, 4.69) is 182 Å². The van der Waals surface area contributed by atoms with E-state index in [1.165, 1.54) is 31.8 Å². The Morgan fingerprint density at radius 1 is 0.318 bits per heavy atom. The average molecular weight is 611 g/mol. The van der Waals surface area contributed by atoms with Crippen LogP contribution in [0.2, 0.25) is 0 Å². The van der Waals surface area contributed by atoms with Crippen molar-refractivity contribution >= 4 is 52.1 Å². The zero-order valence-corrected chi connectivity index (χ0v) is 27.1. The van der Waals surface area contributed by atoms with Gasteiger partial charge in [-0.3, -0.25) is 0 Å². The Hall–Kier alpha value is -4.15. The monoisotopic (exact) mass is 610 g/mol. The molecule has 0 amide bonds. The Bertz CT molecular complexity index is 1420. The summed E-state index contributed by atoms with van der Waals surface area (Å²) in [6, 6.07) is 65.5. The van der Waals surface area contributed by atoms with E-state index < -0.39 is 14.5 Å². The van der Waals surface area contributed by atoms with Gasteiger partial charge in [-0.25, -0.2) is 0 Å². The van der Waals surface area contributed by atoms with Gasteiger partial charge in [0.05, 0.1) is 0 Å². The van der Waals surface area contributed by atoms with Crippen LogP contribution in [0, 0.1) is 0 Å². The van der Waals surface area contributed by atoms with E-state index in [-0.39, 0.29) is 0 Å². The fourth-order valence-corrected chi connectivity index (χ4v) is 16.6. The van der Waals surface area contributed by atoms with Crippen LogP contribution in [0.15, 0.2) is 182 Å². The molecule has 6 rings (SSSR count). The SMILES string of the molecule is O=C(CC[PH](c1ccccc1)(c1ccccc1)c1ccccc1)CC[PH](c1ccccc1)(c1ccccc1)c1ccccc1. The second-order valence-electron chi connectivity index (χ2n) is 11.5. The van der Waals surface area contributed by atoms with Gasteiger partial charge in [-0.2, -0.15) is 0 Å². The third-order valence-corrected chi connectivity index (χ3v) is 19.1. The summed E-state index contributed by atoms with van der Waals surface area (Å²) in [5.41, 5.74) is 0. The maximum atomic E-state index is 14.2. The van der Waals surface area contributed by atoms with Crippen LogP contribution in [0.1, 0.15) is 12.8 Å². The Morgan fingerprint density at radius 2 is 0.500 bits per heavy atom. The number of rotatable bonds is 12. The van der Waals surface area contributed by atoms with Crippen molar-refractivity contribution in [2.45, 2.75) is 12.8 Å². The van der Waals surface area contributed by atoms with E-state index in [9.17, 15) is 4.79 Å². The van der Waals surface area contributed by atoms with Gasteiger partial charge in [0.2, 0.25) is 0 Å². The molecule has 0 aliphatic rings. The van der Waals surface area contributed by atoms with Gasteiger partial charge in [-0.1, -0.05) is 0 Å². The molecule has 0 radical (unpaired) electrons. The third-order valence-electron chi connectivity index (χ3n) is 9.16. The molecule has 0 heterocycles. The minimum absolute atomic E-state index is 0.351. The predicted molar refractivity (Wildman–Crippen MR) is 197 cm³/mol. The van der Waals surface area contributed by atoms with Gasteiger partial charge in [0.25, 0.3) is 0 Å². The minimum atomic E-state index is -2.46. The summed E-state index contributed by atoms with van der Waals surface area (Å²) in [6.45, 7) is 0. The number of Topliss-reactive ketones (excluding diaryl/α,β-unsaturated/α-hetero) is 1. The van der Waals surface area contributed by atoms with Gasteiger partial charge in [0, 0.05) is 0 Å². The third kappa shape index (κ3) is 6.09. The van der Waals surface area contributed by atoms with Crippen molar-refractivity contribution in [3.63, 3.8) is 0 Å². The average Bonchev–Trinajstić information content (AvgIpc) is 3.12. The predicted octanol–water partition coefficient (Wildman–Crippen LogP) is 6.79. The zero-order valence-electron chi connectivity index (χ0n) is 25.1. The molecule has 0 N–H and O–H groups in total. The van der Waals surface area contributed by atoms with Gasteiger partial charge in [0.15, 0.2) is 0 Å². The number of carbonyl (C=O) groups excluding carboxylic acids is 1. The quantitative estimate of drug-likeness (QED) is 0.140. The normalized spacial score (nSPS) is 12.4. The number of hydrogen-bond acceptors (Lipinski definition) is 1. The molecule has 0 spiro atoms. The van der Waals surface area contributed by atoms with Crippen LogP contribution in [0.25, 0.3) is 0 Å². The van der Waals surface area contributed by atoms with Crippen LogP contribution in [0.5, 0.6) is 0 Å². The molecule has 6 aromatic carbocycles. The molecule has 3 heteroatoms. The molecule has 0 aliphatic heterocycles. The fraction of sp³-hybridized carbons (Fsp3) is 0.0976. The number of carbonyl (C=O) groups is 1. The van der Waals surface area contributed by atoms with Crippen molar-refractivity contribution in [3.05, 3.63) is 182 Å². The second kappa shape index (κ2) is 14.1. The number of ketones is 1. The Morgan fingerprint density at radius 3 is 0.682 bits per heavy atom. The van der Waals surface area contributed by atoms with Crippen molar-refractivity contribution in [1.82, 2.24) is 0 Å². The molecule has 0 atom stereocenters. The van der Waals surface area contributed by atoms with E-state index in [4.69, 9.17) is 0 Å².